The molecular formula is C13H18BrN. The normalized spacial score (nSPS) is 17.8. The minimum Gasteiger partial charge on any atom is -0.325 e. The van der Waals surface area contributed by atoms with Crippen LogP contribution in [0.25, 0.3) is 0 Å². The van der Waals surface area contributed by atoms with Crippen molar-refractivity contribution >= 4 is 15.9 Å². The first-order valence-electron chi connectivity index (χ1n) is 5.68. The Bertz CT molecular complexity index is 356. The fourth-order valence-corrected chi connectivity index (χ4v) is 2.46. The zero-order valence-electron chi connectivity index (χ0n) is 9.22. The maximum atomic E-state index is 6.09. The van der Waals surface area contributed by atoms with Crippen LogP contribution in [0.5, 0.6) is 0 Å². The summed E-state index contributed by atoms with van der Waals surface area (Å²) in [6.45, 7) is 2.19. The number of rotatable bonds is 4. The molecule has 0 amide bonds. The molecule has 1 fully saturated rings. The Kier molecular flexibility index (Phi) is 3.17. The van der Waals surface area contributed by atoms with Gasteiger partial charge in [0.2, 0.25) is 0 Å². The van der Waals surface area contributed by atoms with Crippen LogP contribution in [0.1, 0.15) is 37.3 Å². The average molecular weight is 268 g/mol. The molecule has 0 aliphatic heterocycles. The molecule has 82 valence electrons. The number of aryl methyl sites for hydroxylation is 2. The summed E-state index contributed by atoms with van der Waals surface area (Å²) in [6.07, 6.45) is 5.76. The molecule has 0 heterocycles. The van der Waals surface area contributed by atoms with Crippen molar-refractivity contribution in [1.29, 1.82) is 0 Å². The first-order valence-corrected chi connectivity index (χ1v) is 6.48. The number of nitrogens with two attached hydrogens (primary N) is 1. The van der Waals surface area contributed by atoms with E-state index in [0.29, 0.717) is 0 Å². The second-order valence-electron chi connectivity index (χ2n) is 4.68. The molecule has 0 radical (unpaired) electrons. The van der Waals surface area contributed by atoms with Crippen molar-refractivity contribution in [2.24, 2.45) is 5.73 Å². The van der Waals surface area contributed by atoms with Gasteiger partial charge in [-0.25, -0.2) is 0 Å². The summed E-state index contributed by atoms with van der Waals surface area (Å²) in [6, 6.07) is 6.71. The van der Waals surface area contributed by atoms with Crippen LogP contribution in [-0.4, -0.2) is 5.54 Å². The predicted molar refractivity (Wildman–Crippen MR) is 68.0 cm³/mol. The topological polar surface area (TPSA) is 26.0 Å². The lowest BCUT2D eigenvalue weighted by Crippen LogP contribution is -2.22. The van der Waals surface area contributed by atoms with Crippen LogP contribution < -0.4 is 5.73 Å². The van der Waals surface area contributed by atoms with Crippen LogP contribution in [0.3, 0.4) is 0 Å². The van der Waals surface area contributed by atoms with E-state index in [1.807, 2.05) is 0 Å². The van der Waals surface area contributed by atoms with E-state index >= 15 is 0 Å². The highest BCUT2D eigenvalue weighted by atomic mass is 79.9. The van der Waals surface area contributed by atoms with Crippen molar-refractivity contribution in [3.8, 4) is 0 Å². The van der Waals surface area contributed by atoms with E-state index in [4.69, 9.17) is 5.73 Å². The second kappa shape index (κ2) is 4.26. The zero-order chi connectivity index (χ0) is 10.9. The van der Waals surface area contributed by atoms with Gasteiger partial charge in [0.25, 0.3) is 0 Å². The maximum Gasteiger partial charge on any atom is 0.0180 e. The summed E-state index contributed by atoms with van der Waals surface area (Å²) in [7, 11) is 0. The Labute approximate surface area is 100 Å². The van der Waals surface area contributed by atoms with Gasteiger partial charge in [-0.15, -0.1) is 0 Å². The highest BCUT2D eigenvalue weighted by molar-refractivity contribution is 9.10. The molecule has 1 aromatic carbocycles. The summed E-state index contributed by atoms with van der Waals surface area (Å²) in [5.41, 5.74) is 9.09. The molecule has 0 aromatic heterocycles. The highest BCUT2D eigenvalue weighted by Gasteiger charge is 2.37. The highest BCUT2D eigenvalue weighted by Crippen LogP contribution is 2.36. The molecule has 2 N–H and O–H groups in total. The van der Waals surface area contributed by atoms with E-state index in [1.165, 1.54) is 28.4 Å². The molecule has 0 bridgehead atoms. The van der Waals surface area contributed by atoms with Crippen molar-refractivity contribution in [2.45, 2.75) is 44.6 Å². The molecule has 0 spiro atoms. The number of hydrogen-bond donors (Lipinski definition) is 1. The molecule has 1 nitrogen and oxygen atoms in total. The summed E-state index contributed by atoms with van der Waals surface area (Å²) in [5, 5.41) is 0. The van der Waals surface area contributed by atoms with Crippen LogP contribution in [0.4, 0.5) is 0 Å². The fraction of sp³-hybridized carbons (Fsp3) is 0.538. The summed E-state index contributed by atoms with van der Waals surface area (Å²) < 4.78 is 1.19. The molecule has 1 aromatic rings. The third-order valence-electron chi connectivity index (χ3n) is 3.23. The number of benzene rings is 1. The van der Waals surface area contributed by atoms with Crippen molar-refractivity contribution < 1.29 is 0 Å². The van der Waals surface area contributed by atoms with Gasteiger partial charge in [-0.1, -0.05) is 28.9 Å². The average Bonchev–Trinajstić information content (AvgIpc) is 2.94. The summed E-state index contributed by atoms with van der Waals surface area (Å²) >= 11 is 3.56. The Morgan fingerprint density at radius 2 is 1.93 bits per heavy atom. The smallest absolute Gasteiger partial charge is 0.0180 e. The molecule has 0 atom stereocenters. The van der Waals surface area contributed by atoms with Crippen LogP contribution in [-0.2, 0) is 12.8 Å². The number of halogens is 1. The SMILES string of the molecule is CCc1cc(Br)cc(CCC2(N)CC2)c1. The third-order valence-corrected chi connectivity index (χ3v) is 3.69. The van der Waals surface area contributed by atoms with E-state index < -0.39 is 0 Å². The monoisotopic (exact) mass is 267 g/mol. The van der Waals surface area contributed by atoms with Crippen molar-refractivity contribution in [3.63, 3.8) is 0 Å². The Hall–Kier alpha value is -0.340. The molecule has 0 saturated heterocycles. The molecule has 2 heteroatoms. The largest absolute Gasteiger partial charge is 0.325 e. The summed E-state index contributed by atoms with van der Waals surface area (Å²) in [4.78, 5) is 0. The van der Waals surface area contributed by atoms with Gasteiger partial charge in [-0.2, -0.15) is 0 Å². The van der Waals surface area contributed by atoms with Crippen molar-refractivity contribution in [1.82, 2.24) is 0 Å². The van der Waals surface area contributed by atoms with Gasteiger partial charge in [-0.05, 0) is 55.4 Å². The van der Waals surface area contributed by atoms with E-state index in [1.54, 1.807) is 0 Å². The fourth-order valence-electron chi connectivity index (χ4n) is 1.87. The first-order chi connectivity index (χ1) is 7.11. The molecule has 0 unspecified atom stereocenters. The second-order valence-corrected chi connectivity index (χ2v) is 5.60. The van der Waals surface area contributed by atoms with Crippen LogP contribution in [0.15, 0.2) is 22.7 Å². The number of hydrogen-bond acceptors (Lipinski definition) is 1. The van der Waals surface area contributed by atoms with Gasteiger partial charge in [0, 0.05) is 10.0 Å². The van der Waals surface area contributed by atoms with E-state index in [0.717, 1.165) is 19.3 Å². The van der Waals surface area contributed by atoms with Crippen LogP contribution in [0.2, 0.25) is 0 Å². The molecule has 1 saturated carbocycles. The van der Waals surface area contributed by atoms with Crippen LogP contribution in [0, 0.1) is 0 Å². The van der Waals surface area contributed by atoms with Crippen LogP contribution >= 0.6 is 15.9 Å². The van der Waals surface area contributed by atoms with E-state index in [2.05, 4.69) is 41.1 Å². The Balaban J connectivity index is 2.03. The maximum absolute atomic E-state index is 6.09. The molecule has 1 aliphatic carbocycles. The van der Waals surface area contributed by atoms with Gasteiger partial charge in [0.05, 0.1) is 0 Å². The summed E-state index contributed by atoms with van der Waals surface area (Å²) in [5.74, 6) is 0. The van der Waals surface area contributed by atoms with Gasteiger partial charge < -0.3 is 5.73 Å². The first kappa shape index (κ1) is 11.2. The molecular weight excluding hydrogens is 250 g/mol. The van der Waals surface area contributed by atoms with Gasteiger partial charge in [0.1, 0.15) is 0 Å². The lowest BCUT2D eigenvalue weighted by atomic mass is 10.0. The lowest BCUT2D eigenvalue weighted by molar-refractivity contribution is 0.609. The lowest BCUT2D eigenvalue weighted by Gasteiger charge is -2.09. The quantitative estimate of drug-likeness (QED) is 0.889. The van der Waals surface area contributed by atoms with Gasteiger partial charge >= 0.3 is 0 Å². The predicted octanol–water partition coefficient (Wildman–Crippen LogP) is 3.44. The minimum atomic E-state index is 0.175. The molecule has 15 heavy (non-hydrogen) atoms. The molecule has 1 aliphatic rings. The Morgan fingerprint density at radius 3 is 2.53 bits per heavy atom. The van der Waals surface area contributed by atoms with Crippen molar-refractivity contribution in [3.05, 3.63) is 33.8 Å². The third kappa shape index (κ3) is 3.05. The Morgan fingerprint density at radius 1 is 1.27 bits per heavy atom. The minimum absolute atomic E-state index is 0.175. The van der Waals surface area contributed by atoms with E-state index in [9.17, 15) is 0 Å². The van der Waals surface area contributed by atoms with E-state index in [-0.39, 0.29) is 5.54 Å². The van der Waals surface area contributed by atoms with Gasteiger partial charge in [-0.3, -0.25) is 0 Å². The standard InChI is InChI=1S/C13H18BrN/c1-2-10-7-11(9-12(14)8-10)3-4-13(15)5-6-13/h7-9H,2-6,15H2,1H3. The van der Waals surface area contributed by atoms with Crippen molar-refractivity contribution in [2.75, 3.05) is 0 Å². The zero-order valence-corrected chi connectivity index (χ0v) is 10.8. The molecule has 2 rings (SSSR count). The van der Waals surface area contributed by atoms with Gasteiger partial charge in [0.15, 0.2) is 0 Å².